The molecule has 0 saturated heterocycles. The fraction of sp³-hybridized carbons (Fsp3) is 0.267. The minimum atomic E-state index is 0.715. The number of hydrogen-bond acceptors (Lipinski definition) is 2. The van der Waals surface area contributed by atoms with Crippen molar-refractivity contribution in [2.24, 2.45) is 0 Å². The number of aryl methyl sites for hydroxylation is 4. The SMILES string of the molecule is Cc1cc(C)c(-c2ncc(N)cc2C)cc1C. The van der Waals surface area contributed by atoms with Gasteiger partial charge in [-0.25, -0.2) is 0 Å². The van der Waals surface area contributed by atoms with E-state index < -0.39 is 0 Å². The van der Waals surface area contributed by atoms with Crippen LogP contribution in [0.5, 0.6) is 0 Å². The molecule has 1 heterocycles. The topological polar surface area (TPSA) is 38.9 Å². The Kier molecular flexibility index (Phi) is 2.88. The summed E-state index contributed by atoms with van der Waals surface area (Å²) in [6.45, 7) is 8.44. The van der Waals surface area contributed by atoms with E-state index in [0.29, 0.717) is 5.69 Å². The van der Waals surface area contributed by atoms with E-state index in [1.165, 1.54) is 22.3 Å². The average molecular weight is 226 g/mol. The number of hydrogen-bond donors (Lipinski definition) is 1. The predicted molar refractivity (Wildman–Crippen MR) is 73.0 cm³/mol. The molecule has 0 atom stereocenters. The summed E-state index contributed by atoms with van der Waals surface area (Å²) in [4.78, 5) is 4.45. The van der Waals surface area contributed by atoms with E-state index in [1.54, 1.807) is 6.20 Å². The zero-order valence-electron chi connectivity index (χ0n) is 10.8. The lowest BCUT2D eigenvalue weighted by Gasteiger charge is -2.11. The van der Waals surface area contributed by atoms with Gasteiger partial charge >= 0.3 is 0 Å². The molecule has 2 nitrogen and oxygen atoms in total. The van der Waals surface area contributed by atoms with Crippen LogP contribution in [0.4, 0.5) is 5.69 Å². The van der Waals surface area contributed by atoms with Crippen LogP contribution in [0.15, 0.2) is 24.4 Å². The van der Waals surface area contributed by atoms with E-state index in [-0.39, 0.29) is 0 Å². The molecule has 0 bridgehead atoms. The molecule has 0 unspecified atom stereocenters. The van der Waals surface area contributed by atoms with Crippen molar-refractivity contribution < 1.29 is 0 Å². The molecule has 0 amide bonds. The molecule has 2 aromatic rings. The number of nitrogen functional groups attached to an aromatic ring is 1. The predicted octanol–water partition coefficient (Wildman–Crippen LogP) is 3.56. The summed E-state index contributed by atoms with van der Waals surface area (Å²) in [5.41, 5.74) is 13.7. The van der Waals surface area contributed by atoms with E-state index >= 15 is 0 Å². The molecule has 2 N–H and O–H groups in total. The van der Waals surface area contributed by atoms with Gasteiger partial charge in [-0.1, -0.05) is 6.07 Å². The average Bonchev–Trinajstić information content (AvgIpc) is 2.24. The summed E-state index contributed by atoms with van der Waals surface area (Å²) < 4.78 is 0. The molecule has 1 aromatic carbocycles. The van der Waals surface area contributed by atoms with Crippen LogP contribution in [0.1, 0.15) is 22.3 Å². The Morgan fingerprint density at radius 2 is 1.47 bits per heavy atom. The fourth-order valence-electron chi connectivity index (χ4n) is 2.09. The monoisotopic (exact) mass is 226 g/mol. The highest BCUT2D eigenvalue weighted by atomic mass is 14.7. The maximum Gasteiger partial charge on any atom is 0.0735 e. The molecule has 0 aliphatic heterocycles. The van der Waals surface area contributed by atoms with Crippen LogP contribution < -0.4 is 5.73 Å². The highest BCUT2D eigenvalue weighted by molar-refractivity contribution is 5.69. The third-order valence-corrected chi connectivity index (χ3v) is 3.20. The summed E-state index contributed by atoms with van der Waals surface area (Å²) in [5.74, 6) is 0. The van der Waals surface area contributed by atoms with Gasteiger partial charge in [0, 0.05) is 5.56 Å². The molecule has 0 radical (unpaired) electrons. The van der Waals surface area contributed by atoms with E-state index in [4.69, 9.17) is 5.73 Å². The van der Waals surface area contributed by atoms with Gasteiger partial charge in [-0.3, -0.25) is 4.98 Å². The van der Waals surface area contributed by atoms with E-state index in [0.717, 1.165) is 11.3 Å². The zero-order chi connectivity index (χ0) is 12.6. The Morgan fingerprint density at radius 3 is 2.12 bits per heavy atom. The summed E-state index contributed by atoms with van der Waals surface area (Å²) in [6, 6.07) is 6.38. The molecule has 0 fully saturated rings. The number of nitrogens with zero attached hydrogens (tertiary/aromatic N) is 1. The number of aromatic nitrogens is 1. The number of benzene rings is 1. The fourth-order valence-corrected chi connectivity index (χ4v) is 2.09. The molecular formula is C15H18N2. The van der Waals surface area contributed by atoms with Gasteiger partial charge in [0.1, 0.15) is 0 Å². The van der Waals surface area contributed by atoms with Crippen LogP contribution in [0.3, 0.4) is 0 Å². The second-order valence-electron chi connectivity index (χ2n) is 4.69. The Labute approximate surface area is 103 Å². The van der Waals surface area contributed by atoms with Crippen LogP contribution in [0, 0.1) is 27.7 Å². The smallest absolute Gasteiger partial charge is 0.0735 e. The highest BCUT2D eigenvalue weighted by Crippen LogP contribution is 2.27. The zero-order valence-corrected chi connectivity index (χ0v) is 10.8. The number of pyridine rings is 1. The van der Waals surface area contributed by atoms with Crippen molar-refractivity contribution in [2.45, 2.75) is 27.7 Å². The standard InChI is InChI=1S/C15H18N2/c1-9-5-11(3)14(7-10(9)2)15-12(4)6-13(16)8-17-15/h5-8H,16H2,1-4H3. The molecule has 1 aromatic heterocycles. The molecule has 0 aliphatic rings. The van der Waals surface area contributed by atoms with Gasteiger partial charge in [-0.2, -0.15) is 0 Å². The Hall–Kier alpha value is -1.83. The first-order chi connectivity index (χ1) is 7.99. The van der Waals surface area contributed by atoms with Crippen molar-refractivity contribution in [2.75, 3.05) is 5.73 Å². The van der Waals surface area contributed by atoms with Crippen LogP contribution in [-0.4, -0.2) is 4.98 Å². The van der Waals surface area contributed by atoms with Gasteiger partial charge in [-0.05, 0) is 62.1 Å². The van der Waals surface area contributed by atoms with Gasteiger partial charge in [-0.15, -0.1) is 0 Å². The third kappa shape index (κ3) is 2.16. The molecule has 0 aliphatic carbocycles. The van der Waals surface area contributed by atoms with Crippen molar-refractivity contribution in [1.29, 1.82) is 0 Å². The molecule has 0 spiro atoms. The molecule has 17 heavy (non-hydrogen) atoms. The molecule has 2 rings (SSSR count). The van der Waals surface area contributed by atoms with Crippen molar-refractivity contribution in [1.82, 2.24) is 4.98 Å². The van der Waals surface area contributed by atoms with Crippen molar-refractivity contribution in [3.05, 3.63) is 46.6 Å². The van der Waals surface area contributed by atoms with E-state index in [2.05, 4.69) is 37.9 Å². The van der Waals surface area contributed by atoms with E-state index in [9.17, 15) is 0 Å². The summed E-state index contributed by atoms with van der Waals surface area (Å²) in [6.07, 6.45) is 1.72. The van der Waals surface area contributed by atoms with Crippen molar-refractivity contribution in [3.63, 3.8) is 0 Å². The normalized spacial score (nSPS) is 10.6. The molecular weight excluding hydrogens is 208 g/mol. The lowest BCUT2D eigenvalue weighted by Crippen LogP contribution is -1.95. The van der Waals surface area contributed by atoms with Gasteiger partial charge in [0.15, 0.2) is 0 Å². The van der Waals surface area contributed by atoms with Crippen LogP contribution in [0.2, 0.25) is 0 Å². The van der Waals surface area contributed by atoms with Crippen LogP contribution in [0.25, 0.3) is 11.3 Å². The molecule has 88 valence electrons. The summed E-state index contributed by atoms with van der Waals surface area (Å²) in [5, 5.41) is 0. The minimum absolute atomic E-state index is 0.715. The lowest BCUT2D eigenvalue weighted by molar-refractivity contribution is 1.23. The minimum Gasteiger partial charge on any atom is -0.397 e. The van der Waals surface area contributed by atoms with Crippen LogP contribution >= 0.6 is 0 Å². The van der Waals surface area contributed by atoms with Gasteiger partial charge in [0.05, 0.1) is 17.6 Å². The maximum absolute atomic E-state index is 5.74. The quantitative estimate of drug-likeness (QED) is 0.807. The van der Waals surface area contributed by atoms with Gasteiger partial charge < -0.3 is 5.73 Å². The summed E-state index contributed by atoms with van der Waals surface area (Å²) >= 11 is 0. The van der Waals surface area contributed by atoms with E-state index in [1.807, 2.05) is 13.0 Å². The largest absolute Gasteiger partial charge is 0.397 e. The van der Waals surface area contributed by atoms with Crippen LogP contribution in [-0.2, 0) is 0 Å². The maximum atomic E-state index is 5.74. The first kappa shape index (κ1) is 11.6. The van der Waals surface area contributed by atoms with Gasteiger partial charge in [0.25, 0.3) is 0 Å². The second kappa shape index (κ2) is 4.21. The van der Waals surface area contributed by atoms with Gasteiger partial charge in [0.2, 0.25) is 0 Å². The van der Waals surface area contributed by atoms with Crippen molar-refractivity contribution in [3.8, 4) is 11.3 Å². The Bertz CT molecular complexity index is 571. The number of nitrogens with two attached hydrogens (primary N) is 1. The Balaban J connectivity index is 2.64. The highest BCUT2D eigenvalue weighted by Gasteiger charge is 2.08. The second-order valence-corrected chi connectivity index (χ2v) is 4.69. The van der Waals surface area contributed by atoms with Crippen molar-refractivity contribution >= 4 is 5.69 Å². The third-order valence-electron chi connectivity index (χ3n) is 3.20. The first-order valence-corrected chi connectivity index (χ1v) is 5.79. The number of anilines is 1. The summed E-state index contributed by atoms with van der Waals surface area (Å²) in [7, 11) is 0. The lowest BCUT2D eigenvalue weighted by atomic mass is 9.96. The molecule has 2 heteroatoms. The molecule has 0 saturated carbocycles. The Morgan fingerprint density at radius 1 is 0.824 bits per heavy atom. The first-order valence-electron chi connectivity index (χ1n) is 5.79. The number of rotatable bonds is 1.